The van der Waals surface area contributed by atoms with Crippen molar-refractivity contribution >= 4 is 5.91 Å². The van der Waals surface area contributed by atoms with Crippen LogP contribution in [0.4, 0.5) is 13.2 Å². The number of fused-ring (bicyclic) bond motifs is 1. The molecule has 160 valence electrons. The second kappa shape index (κ2) is 8.17. The number of halogens is 3. The van der Waals surface area contributed by atoms with E-state index in [2.05, 4.69) is 10.1 Å². The third-order valence-electron chi connectivity index (χ3n) is 4.73. The topological polar surface area (TPSA) is 74.5 Å². The van der Waals surface area contributed by atoms with Gasteiger partial charge in [0.05, 0.1) is 6.54 Å². The van der Waals surface area contributed by atoms with Crippen molar-refractivity contribution in [2.75, 3.05) is 6.54 Å². The molecule has 0 bridgehead atoms. The fourth-order valence-corrected chi connectivity index (χ4v) is 3.38. The number of benzene rings is 2. The smallest absolute Gasteiger partial charge is 0.573 e. The summed E-state index contributed by atoms with van der Waals surface area (Å²) in [6, 6.07) is 14.1. The number of aromatic nitrogens is 1. The average molecular weight is 430 g/mol. The second-order valence-electron chi connectivity index (χ2n) is 7.00. The first-order chi connectivity index (χ1) is 14.8. The minimum Gasteiger partial charge on any atom is -0.619 e. The van der Waals surface area contributed by atoms with E-state index in [-0.39, 0.29) is 29.9 Å². The number of pyridine rings is 1. The van der Waals surface area contributed by atoms with Crippen molar-refractivity contribution in [1.82, 2.24) is 5.32 Å². The molecule has 1 N–H and O–H groups in total. The lowest BCUT2D eigenvalue weighted by Gasteiger charge is -2.11. The molecule has 0 radical (unpaired) electrons. The number of nitrogens with one attached hydrogen (secondary N) is 1. The Morgan fingerprint density at radius 1 is 1.16 bits per heavy atom. The summed E-state index contributed by atoms with van der Waals surface area (Å²) < 4.78 is 47.8. The predicted octanol–water partition coefficient (Wildman–Crippen LogP) is 3.62. The molecule has 0 saturated carbocycles. The highest BCUT2D eigenvalue weighted by Crippen LogP contribution is 2.34. The summed E-state index contributed by atoms with van der Waals surface area (Å²) in [4.78, 5) is 12.2. The van der Waals surface area contributed by atoms with Gasteiger partial charge in [-0.1, -0.05) is 18.2 Å². The largest absolute Gasteiger partial charge is 0.619 e. The van der Waals surface area contributed by atoms with Crippen LogP contribution in [0.25, 0.3) is 11.1 Å². The molecule has 1 aliphatic heterocycles. The summed E-state index contributed by atoms with van der Waals surface area (Å²) >= 11 is 0. The molecule has 1 amide bonds. The molecule has 1 aromatic heterocycles. The van der Waals surface area contributed by atoms with Crippen LogP contribution in [0.2, 0.25) is 0 Å². The van der Waals surface area contributed by atoms with Crippen molar-refractivity contribution in [2.24, 2.45) is 0 Å². The molecule has 31 heavy (non-hydrogen) atoms. The minimum atomic E-state index is -4.75. The maximum atomic E-state index is 12.5. The molecule has 3 aromatic rings. The van der Waals surface area contributed by atoms with E-state index in [1.807, 2.05) is 6.07 Å². The van der Waals surface area contributed by atoms with Crippen LogP contribution in [0.5, 0.6) is 11.5 Å². The Balaban J connectivity index is 1.41. The Morgan fingerprint density at radius 3 is 2.74 bits per heavy atom. The molecule has 0 spiro atoms. The second-order valence-corrected chi connectivity index (χ2v) is 7.00. The molecule has 2 aromatic carbocycles. The summed E-state index contributed by atoms with van der Waals surface area (Å²) in [5.74, 6) is -0.0163. The lowest BCUT2D eigenvalue weighted by Crippen LogP contribution is -2.36. The molecule has 0 aliphatic carbocycles. The summed E-state index contributed by atoms with van der Waals surface area (Å²) in [6.45, 7) is 0.242. The number of carbonyl (C=O) groups is 1. The van der Waals surface area contributed by atoms with Gasteiger partial charge in [-0.05, 0) is 47.0 Å². The van der Waals surface area contributed by atoms with Crippen LogP contribution in [-0.2, 0) is 6.42 Å². The third kappa shape index (κ3) is 5.06. The highest BCUT2D eigenvalue weighted by molar-refractivity contribution is 5.93. The van der Waals surface area contributed by atoms with Gasteiger partial charge in [0.2, 0.25) is 0 Å². The normalized spacial score (nSPS) is 15.1. The number of rotatable bonds is 5. The van der Waals surface area contributed by atoms with Crippen LogP contribution in [0.1, 0.15) is 15.9 Å². The number of hydrogen-bond acceptors (Lipinski definition) is 4. The van der Waals surface area contributed by atoms with Crippen LogP contribution < -0.4 is 19.5 Å². The van der Waals surface area contributed by atoms with Gasteiger partial charge in [-0.3, -0.25) is 4.79 Å². The lowest BCUT2D eigenvalue weighted by atomic mass is 10.0. The van der Waals surface area contributed by atoms with Gasteiger partial charge in [-0.15, -0.1) is 13.2 Å². The highest BCUT2D eigenvalue weighted by atomic mass is 19.4. The van der Waals surface area contributed by atoms with Crippen molar-refractivity contribution in [3.63, 3.8) is 0 Å². The molecule has 9 heteroatoms. The Morgan fingerprint density at radius 2 is 1.97 bits per heavy atom. The van der Waals surface area contributed by atoms with Crippen LogP contribution in [-0.4, -0.2) is 24.9 Å². The van der Waals surface area contributed by atoms with E-state index in [1.54, 1.807) is 18.2 Å². The number of ether oxygens (including phenoxy) is 2. The van der Waals surface area contributed by atoms with Gasteiger partial charge in [-0.2, -0.15) is 4.73 Å². The predicted molar refractivity (Wildman–Crippen MR) is 104 cm³/mol. The van der Waals surface area contributed by atoms with Crippen LogP contribution in [0, 0.1) is 5.21 Å². The fraction of sp³-hybridized carbons (Fsp3) is 0.182. The summed E-state index contributed by atoms with van der Waals surface area (Å²) in [7, 11) is 0. The molecule has 0 unspecified atom stereocenters. The molecular formula is C22H17F3N2O4. The van der Waals surface area contributed by atoms with E-state index in [0.29, 0.717) is 22.5 Å². The summed E-state index contributed by atoms with van der Waals surface area (Å²) in [5, 5.41) is 14.0. The number of amides is 1. The van der Waals surface area contributed by atoms with Crippen molar-refractivity contribution in [2.45, 2.75) is 18.9 Å². The quantitative estimate of drug-likeness (QED) is 0.496. The van der Waals surface area contributed by atoms with E-state index in [4.69, 9.17) is 4.74 Å². The standard InChI is InChI=1S/C22H17F3N2O4/c23-22(24,25)31-18-5-1-3-14(10-18)15-6-7-20-17(9-15)11-19(30-20)12-26-21(28)16-4-2-8-27(29)13-16/h1-10,13,19H,11-12H2,(H,26,28)/t19-/m1/s1. The first-order valence-electron chi connectivity index (χ1n) is 9.40. The maximum Gasteiger partial charge on any atom is 0.573 e. The zero-order valence-electron chi connectivity index (χ0n) is 16.1. The highest BCUT2D eigenvalue weighted by Gasteiger charge is 2.31. The number of hydrogen-bond donors (Lipinski definition) is 1. The van der Waals surface area contributed by atoms with E-state index < -0.39 is 6.36 Å². The van der Waals surface area contributed by atoms with Crippen molar-refractivity contribution in [1.29, 1.82) is 0 Å². The SMILES string of the molecule is O=C(NC[C@H]1Cc2cc(-c3cccc(OC(F)(F)F)c3)ccc2O1)c1ccc[n+]([O-])c1. The van der Waals surface area contributed by atoms with E-state index in [1.165, 1.54) is 42.7 Å². The van der Waals surface area contributed by atoms with Crippen molar-refractivity contribution in [3.8, 4) is 22.6 Å². The third-order valence-corrected chi connectivity index (χ3v) is 4.73. The van der Waals surface area contributed by atoms with Crippen LogP contribution in [0.3, 0.4) is 0 Å². The Bertz CT molecular complexity index is 1120. The summed E-state index contributed by atoms with van der Waals surface area (Å²) in [5.41, 5.74) is 2.44. The molecule has 0 saturated heterocycles. The van der Waals surface area contributed by atoms with E-state index >= 15 is 0 Å². The van der Waals surface area contributed by atoms with Gasteiger partial charge >= 0.3 is 6.36 Å². The molecule has 2 heterocycles. The van der Waals surface area contributed by atoms with E-state index in [0.717, 1.165) is 11.1 Å². The zero-order chi connectivity index (χ0) is 22.0. The van der Waals surface area contributed by atoms with E-state index in [9.17, 15) is 23.2 Å². The van der Waals surface area contributed by atoms with Crippen molar-refractivity contribution < 1.29 is 32.2 Å². The monoisotopic (exact) mass is 430 g/mol. The first kappa shape index (κ1) is 20.5. The van der Waals surface area contributed by atoms with Gasteiger partial charge in [0, 0.05) is 12.5 Å². The average Bonchev–Trinajstić information content (AvgIpc) is 3.13. The minimum absolute atomic E-state index is 0.242. The Hall–Kier alpha value is -3.75. The molecule has 0 fully saturated rings. The molecule has 6 nitrogen and oxygen atoms in total. The maximum absolute atomic E-state index is 12.5. The number of alkyl halides is 3. The Labute approximate surface area is 175 Å². The number of nitrogens with zero attached hydrogens (tertiary/aromatic N) is 1. The number of carbonyl (C=O) groups excluding carboxylic acids is 1. The van der Waals surface area contributed by atoms with Gasteiger partial charge in [0.1, 0.15) is 23.2 Å². The van der Waals surface area contributed by atoms with Gasteiger partial charge < -0.3 is 20.0 Å². The zero-order valence-corrected chi connectivity index (χ0v) is 16.1. The first-order valence-corrected chi connectivity index (χ1v) is 9.40. The van der Waals surface area contributed by atoms with Crippen molar-refractivity contribution in [3.05, 3.63) is 83.3 Å². The lowest BCUT2D eigenvalue weighted by molar-refractivity contribution is -0.605. The van der Waals surface area contributed by atoms with Gasteiger partial charge in [-0.25, -0.2) is 0 Å². The summed E-state index contributed by atoms with van der Waals surface area (Å²) in [6.07, 6.45) is -2.05. The van der Waals surface area contributed by atoms with Crippen LogP contribution >= 0.6 is 0 Å². The molecular weight excluding hydrogens is 413 g/mol. The molecule has 1 aliphatic rings. The van der Waals surface area contributed by atoms with Crippen LogP contribution in [0.15, 0.2) is 67.0 Å². The Kier molecular flexibility index (Phi) is 5.41. The molecule has 1 atom stereocenters. The van der Waals surface area contributed by atoms with Gasteiger partial charge in [0.25, 0.3) is 5.91 Å². The van der Waals surface area contributed by atoms with Gasteiger partial charge in [0.15, 0.2) is 12.4 Å². The fourth-order valence-electron chi connectivity index (χ4n) is 3.38. The molecule has 4 rings (SSSR count).